The van der Waals surface area contributed by atoms with Gasteiger partial charge in [-0.05, 0) is 47.9 Å². The summed E-state index contributed by atoms with van der Waals surface area (Å²) >= 11 is 0. The van der Waals surface area contributed by atoms with Gasteiger partial charge in [0, 0.05) is 43.8 Å². The van der Waals surface area contributed by atoms with E-state index < -0.39 is 0 Å². The van der Waals surface area contributed by atoms with Crippen LogP contribution in [0.1, 0.15) is 5.56 Å². The Morgan fingerprint density at radius 1 is 1.10 bits per heavy atom. The van der Waals surface area contributed by atoms with E-state index >= 15 is 0 Å². The lowest BCUT2D eigenvalue weighted by Gasteiger charge is -2.10. The molecule has 1 aromatic carbocycles. The van der Waals surface area contributed by atoms with Crippen molar-refractivity contribution in [2.24, 2.45) is 7.05 Å². The van der Waals surface area contributed by atoms with Crippen molar-refractivity contribution in [3.05, 3.63) is 77.1 Å². The number of nitrogens with one attached hydrogen (secondary N) is 1. The first-order chi connectivity index (χ1) is 14.6. The van der Waals surface area contributed by atoms with E-state index in [0.717, 1.165) is 35.6 Å². The number of aromatic nitrogens is 4. The molecule has 5 rings (SSSR count). The number of methoxy groups -OCH3 is 1. The first-order valence-electron chi connectivity index (χ1n) is 9.76. The smallest absolute Gasteiger partial charge is 0.333 e. The summed E-state index contributed by atoms with van der Waals surface area (Å²) in [6.07, 6.45) is 6.42. The maximum Gasteiger partial charge on any atom is 0.333 e. The molecule has 0 amide bonds. The summed E-state index contributed by atoms with van der Waals surface area (Å²) in [5.74, 6) is 1.65. The SMILES string of the molecule is COc1cccc(-n2c(-c3cc(-c4cnc5c(c4)CCN5)ccn3)cn(C)c2=O)c1. The number of fused-ring (bicyclic) bond motifs is 1. The molecule has 3 aromatic heterocycles. The lowest BCUT2D eigenvalue weighted by atomic mass is 10.0. The molecule has 1 aliphatic rings. The van der Waals surface area contributed by atoms with Crippen LogP contribution in [0.25, 0.3) is 28.2 Å². The highest BCUT2D eigenvalue weighted by Gasteiger charge is 2.17. The molecule has 4 heterocycles. The third-order valence-electron chi connectivity index (χ3n) is 5.37. The summed E-state index contributed by atoms with van der Waals surface area (Å²) in [6, 6.07) is 13.6. The van der Waals surface area contributed by atoms with Crippen molar-refractivity contribution in [2.75, 3.05) is 19.0 Å². The van der Waals surface area contributed by atoms with Gasteiger partial charge in [0.2, 0.25) is 0 Å². The van der Waals surface area contributed by atoms with Gasteiger partial charge in [-0.1, -0.05) is 6.07 Å². The monoisotopic (exact) mass is 399 g/mol. The number of benzene rings is 1. The topological polar surface area (TPSA) is 74.0 Å². The van der Waals surface area contributed by atoms with Gasteiger partial charge < -0.3 is 14.6 Å². The number of aryl methyl sites for hydroxylation is 1. The van der Waals surface area contributed by atoms with Crippen LogP contribution in [0.5, 0.6) is 5.75 Å². The van der Waals surface area contributed by atoms with Crippen molar-refractivity contribution in [3.63, 3.8) is 0 Å². The van der Waals surface area contributed by atoms with Crippen LogP contribution >= 0.6 is 0 Å². The van der Waals surface area contributed by atoms with Crippen molar-refractivity contribution in [1.29, 1.82) is 0 Å². The van der Waals surface area contributed by atoms with Crippen LogP contribution in [0, 0.1) is 0 Å². The number of rotatable bonds is 4. The number of hydrogen-bond acceptors (Lipinski definition) is 5. The van der Waals surface area contributed by atoms with Gasteiger partial charge in [0.05, 0.1) is 24.2 Å². The largest absolute Gasteiger partial charge is 0.497 e. The fourth-order valence-corrected chi connectivity index (χ4v) is 3.82. The average Bonchev–Trinajstić information content (AvgIpc) is 3.37. The first kappa shape index (κ1) is 18.2. The van der Waals surface area contributed by atoms with Gasteiger partial charge in [-0.2, -0.15) is 0 Å². The molecule has 30 heavy (non-hydrogen) atoms. The minimum absolute atomic E-state index is 0.143. The predicted octanol–water partition coefficient (Wildman–Crippen LogP) is 3.28. The van der Waals surface area contributed by atoms with Gasteiger partial charge in [0.1, 0.15) is 11.6 Å². The van der Waals surface area contributed by atoms with Gasteiger partial charge >= 0.3 is 5.69 Å². The number of ether oxygens (including phenoxy) is 1. The van der Waals surface area contributed by atoms with E-state index in [4.69, 9.17) is 4.74 Å². The number of imidazole rings is 1. The van der Waals surface area contributed by atoms with Gasteiger partial charge in [0.25, 0.3) is 0 Å². The highest BCUT2D eigenvalue weighted by molar-refractivity contribution is 5.71. The second-order valence-corrected chi connectivity index (χ2v) is 7.28. The first-order valence-corrected chi connectivity index (χ1v) is 9.76. The third kappa shape index (κ3) is 3.04. The zero-order chi connectivity index (χ0) is 20.7. The maximum absolute atomic E-state index is 12.9. The summed E-state index contributed by atoms with van der Waals surface area (Å²) in [7, 11) is 3.35. The van der Waals surface area contributed by atoms with Crippen molar-refractivity contribution in [2.45, 2.75) is 6.42 Å². The fraction of sp³-hybridized carbons (Fsp3) is 0.174. The van der Waals surface area contributed by atoms with Crippen LogP contribution in [0.15, 0.2) is 65.8 Å². The number of anilines is 1. The molecule has 0 spiro atoms. The molecular weight excluding hydrogens is 378 g/mol. The van der Waals surface area contributed by atoms with Crippen LogP contribution in [-0.4, -0.2) is 32.8 Å². The minimum atomic E-state index is -0.143. The van der Waals surface area contributed by atoms with Gasteiger partial charge in [0.15, 0.2) is 0 Å². The average molecular weight is 399 g/mol. The molecule has 0 atom stereocenters. The normalized spacial score (nSPS) is 12.5. The van der Waals surface area contributed by atoms with Crippen molar-refractivity contribution in [1.82, 2.24) is 19.1 Å². The van der Waals surface area contributed by atoms with E-state index in [0.29, 0.717) is 17.1 Å². The predicted molar refractivity (Wildman–Crippen MR) is 116 cm³/mol. The van der Waals surface area contributed by atoms with Crippen LogP contribution < -0.4 is 15.7 Å². The molecule has 1 N–H and O–H groups in total. The van der Waals surface area contributed by atoms with E-state index in [-0.39, 0.29) is 5.69 Å². The Hall–Kier alpha value is -3.87. The summed E-state index contributed by atoms with van der Waals surface area (Å²) in [6.45, 7) is 0.921. The molecular formula is C23H21N5O2. The van der Waals surface area contributed by atoms with Gasteiger partial charge in [-0.25, -0.2) is 9.78 Å². The number of hydrogen-bond donors (Lipinski definition) is 1. The van der Waals surface area contributed by atoms with Crippen molar-refractivity contribution < 1.29 is 4.74 Å². The Balaban J connectivity index is 1.63. The van der Waals surface area contributed by atoms with Crippen molar-refractivity contribution in [3.8, 4) is 34.0 Å². The van der Waals surface area contributed by atoms with Gasteiger partial charge in [-0.3, -0.25) is 9.55 Å². The molecule has 0 bridgehead atoms. The molecule has 0 aliphatic carbocycles. The molecule has 7 heteroatoms. The Morgan fingerprint density at radius 3 is 2.87 bits per heavy atom. The Morgan fingerprint density at radius 2 is 2.00 bits per heavy atom. The molecule has 4 aromatic rings. The van der Waals surface area contributed by atoms with Crippen LogP contribution in [0.3, 0.4) is 0 Å². The standard InChI is InChI=1S/C23H21N5O2/c1-27-14-21(28(23(27)29)18-4-3-5-19(12-18)30-2)20-11-15(6-8-24-20)17-10-16-7-9-25-22(16)26-13-17/h3-6,8,10-14H,7,9H2,1-2H3,(H,25,26). The van der Waals surface area contributed by atoms with E-state index in [1.54, 1.807) is 35.7 Å². The second kappa shape index (κ2) is 7.18. The molecule has 0 unspecified atom stereocenters. The van der Waals surface area contributed by atoms with E-state index in [1.165, 1.54) is 5.56 Å². The zero-order valence-electron chi connectivity index (χ0n) is 16.8. The lowest BCUT2D eigenvalue weighted by Crippen LogP contribution is -2.21. The van der Waals surface area contributed by atoms with E-state index in [2.05, 4.69) is 21.4 Å². The third-order valence-corrected chi connectivity index (χ3v) is 5.37. The number of pyridine rings is 2. The molecule has 0 saturated carbocycles. The number of nitrogens with zero attached hydrogens (tertiary/aromatic N) is 4. The van der Waals surface area contributed by atoms with Crippen LogP contribution in [0.2, 0.25) is 0 Å². The zero-order valence-corrected chi connectivity index (χ0v) is 16.8. The molecule has 0 radical (unpaired) electrons. The lowest BCUT2D eigenvalue weighted by molar-refractivity contribution is 0.414. The fourth-order valence-electron chi connectivity index (χ4n) is 3.82. The van der Waals surface area contributed by atoms with Gasteiger partial charge in [-0.15, -0.1) is 0 Å². The molecule has 0 saturated heterocycles. The van der Waals surface area contributed by atoms with Crippen molar-refractivity contribution >= 4 is 5.82 Å². The Labute approximate surface area is 173 Å². The molecule has 7 nitrogen and oxygen atoms in total. The highest BCUT2D eigenvalue weighted by atomic mass is 16.5. The van der Waals surface area contributed by atoms with Crippen LogP contribution in [0.4, 0.5) is 5.82 Å². The quantitative estimate of drug-likeness (QED) is 0.570. The van der Waals surface area contributed by atoms with Crippen LogP contribution in [-0.2, 0) is 13.5 Å². The summed E-state index contributed by atoms with van der Waals surface area (Å²) < 4.78 is 8.55. The maximum atomic E-state index is 12.9. The minimum Gasteiger partial charge on any atom is -0.497 e. The molecule has 1 aliphatic heterocycles. The summed E-state index contributed by atoms with van der Waals surface area (Å²) in [4.78, 5) is 22.0. The van der Waals surface area contributed by atoms with E-state index in [1.807, 2.05) is 42.6 Å². The highest BCUT2D eigenvalue weighted by Crippen LogP contribution is 2.29. The van der Waals surface area contributed by atoms with E-state index in [9.17, 15) is 4.79 Å². The Bertz CT molecular complexity index is 1310. The summed E-state index contributed by atoms with van der Waals surface area (Å²) in [5, 5.41) is 3.29. The summed E-state index contributed by atoms with van der Waals surface area (Å²) in [5.41, 5.74) is 5.28. The molecule has 0 fully saturated rings. The molecule has 150 valence electrons. The Kier molecular flexibility index (Phi) is 4.35. The second-order valence-electron chi connectivity index (χ2n) is 7.28.